The van der Waals surface area contributed by atoms with Crippen molar-refractivity contribution in [3.8, 4) is 27.8 Å². The van der Waals surface area contributed by atoms with Crippen molar-refractivity contribution in [2.75, 3.05) is 6.54 Å². The first-order chi connectivity index (χ1) is 17.1. The van der Waals surface area contributed by atoms with E-state index < -0.39 is 0 Å². The van der Waals surface area contributed by atoms with Gasteiger partial charge < -0.3 is 9.73 Å². The van der Waals surface area contributed by atoms with Crippen LogP contribution in [0, 0.1) is 6.92 Å². The minimum absolute atomic E-state index is 0.0670. The van der Waals surface area contributed by atoms with E-state index in [1.54, 1.807) is 17.6 Å². The van der Waals surface area contributed by atoms with E-state index in [9.17, 15) is 4.79 Å². The molecule has 0 saturated heterocycles. The van der Waals surface area contributed by atoms with E-state index in [1.807, 2.05) is 47.3 Å². The van der Waals surface area contributed by atoms with Crippen LogP contribution in [-0.2, 0) is 6.42 Å². The Balaban J connectivity index is 1.44. The van der Waals surface area contributed by atoms with Crippen LogP contribution in [0.2, 0.25) is 0 Å². The molecule has 6 nitrogen and oxygen atoms in total. The number of aromatic nitrogens is 3. The van der Waals surface area contributed by atoms with Crippen LogP contribution in [0.1, 0.15) is 60.8 Å². The average molecular weight is 487 g/mol. The van der Waals surface area contributed by atoms with Gasteiger partial charge in [0.05, 0.1) is 23.2 Å². The summed E-state index contributed by atoms with van der Waals surface area (Å²) in [6.45, 7) is 4.69. The van der Waals surface area contributed by atoms with Crippen molar-refractivity contribution in [1.29, 1.82) is 0 Å². The Bertz CT molecular complexity index is 1350. The van der Waals surface area contributed by atoms with E-state index in [0.717, 1.165) is 59.0 Å². The lowest BCUT2D eigenvalue weighted by molar-refractivity contribution is 0.0953. The number of nitrogens with zero attached hydrogens (tertiary/aromatic N) is 3. The molecular formula is C28H30N4O2S. The summed E-state index contributed by atoms with van der Waals surface area (Å²) >= 11 is 1.59. The van der Waals surface area contributed by atoms with E-state index in [4.69, 9.17) is 9.40 Å². The molecule has 7 heteroatoms. The zero-order valence-electron chi connectivity index (χ0n) is 20.2. The number of hydrogen-bond donors (Lipinski definition) is 1. The molecule has 0 aliphatic heterocycles. The topological polar surface area (TPSA) is 73.0 Å². The number of allylic oxidation sites excluding steroid dienone is 1. The molecular weight excluding hydrogens is 456 g/mol. The Kier molecular flexibility index (Phi) is 6.95. The number of amides is 1. The van der Waals surface area contributed by atoms with Crippen molar-refractivity contribution in [3.63, 3.8) is 0 Å². The summed E-state index contributed by atoms with van der Waals surface area (Å²) in [6, 6.07) is 9.75. The number of carbonyl (C=O) groups is 1. The van der Waals surface area contributed by atoms with Gasteiger partial charge in [-0.15, -0.1) is 11.3 Å². The normalized spacial score (nSPS) is 13.6. The van der Waals surface area contributed by atoms with E-state index in [1.165, 1.54) is 18.4 Å². The minimum Gasteiger partial charge on any atom is -0.448 e. The lowest BCUT2D eigenvalue weighted by atomic mass is 9.97. The quantitative estimate of drug-likeness (QED) is 0.280. The maximum Gasteiger partial charge on any atom is 0.253 e. The van der Waals surface area contributed by atoms with E-state index in [0.29, 0.717) is 18.0 Å². The summed E-state index contributed by atoms with van der Waals surface area (Å²) in [6.07, 6.45) is 12.4. The summed E-state index contributed by atoms with van der Waals surface area (Å²) in [5.74, 6) is 0.596. The fraction of sp³-hybridized carbons (Fsp3) is 0.321. The lowest BCUT2D eigenvalue weighted by Gasteiger charge is -2.13. The fourth-order valence-electron chi connectivity index (χ4n) is 4.60. The van der Waals surface area contributed by atoms with Crippen LogP contribution in [0.15, 0.2) is 64.2 Å². The van der Waals surface area contributed by atoms with Gasteiger partial charge in [-0.3, -0.25) is 14.3 Å². The molecule has 1 N–H and O–H groups in total. The first-order valence-electron chi connectivity index (χ1n) is 12.3. The molecule has 4 aromatic rings. The van der Waals surface area contributed by atoms with Gasteiger partial charge in [-0.25, -0.2) is 4.98 Å². The number of hydrogen-bond acceptors (Lipinski definition) is 5. The largest absolute Gasteiger partial charge is 0.448 e. The highest BCUT2D eigenvalue weighted by Crippen LogP contribution is 2.33. The molecule has 1 aliphatic carbocycles. The number of rotatable bonds is 8. The molecule has 5 rings (SSSR count). The molecule has 0 unspecified atom stereocenters. The Hall–Kier alpha value is -3.45. The molecule has 0 spiro atoms. The van der Waals surface area contributed by atoms with Crippen LogP contribution in [0.5, 0.6) is 0 Å². The predicted molar refractivity (Wildman–Crippen MR) is 140 cm³/mol. The molecule has 180 valence electrons. The highest BCUT2D eigenvalue weighted by Gasteiger charge is 2.22. The lowest BCUT2D eigenvalue weighted by Crippen LogP contribution is -2.25. The minimum atomic E-state index is -0.0670. The Labute approximate surface area is 209 Å². The van der Waals surface area contributed by atoms with Crippen LogP contribution in [0.25, 0.3) is 27.8 Å². The third kappa shape index (κ3) is 5.00. The van der Waals surface area contributed by atoms with Gasteiger partial charge >= 0.3 is 0 Å². The maximum atomic E-state index is 13.2. The number of aryl methyl sites for hydroxylation is 1. The molecule has 0 saturated carbocycles. The molecule has 0 bridgehead atoms. The van der Waals surface area contributed by atoms with E-state index >= 15 is 0 Å². The number of pyridine rings is 1. The Morgan fingerprint density at radius 3 is 2.94 bits per heavy atom. The van der Waals surface area contributed by atoms with E-state index in [-0.39, 0.29) is 5.91 Å². The van der Waals surface area contributed by atoms with Crippen LogP contribution in [-0.4, -0.2) is 27.0 Å². The van der Waals surface area contributed by atoms with Crippen molar-refractivity contribution in [1.82, 2.24) is 19.9 Å². The third-order valence-corrected chi connectivity index (χ3v) is 7.42. The van der Waals surface area contributed by atoms with Crippen LogP contribution >= 0.6 is 11.3 Å². The maximum absolute atomic E-state index is 13.2. The highest BCUT2D eigenvalue weighted by molar-refractivity contribution is 7.13. The van der Waals surface area contributed by atoms with Crippen LogP contribution < -0.4 is 5.32 Å². The second-order valence-electron chi connectivity index (χ2n) is 8.86. The molecule has 1 aliphatic rings. The number of thiazole rings is 1. The van der Waals surface area contributed by atoms with Crippen LogP contribution in [0.3, 0.4) is 0 Å². The summed E-state index contributed by atoms with van der Waals surface area (Å²) in [5, 5.41) is 6.08. The van der Waals surface area contributed by atoms with Crippen LogP contribution in [0.4, 0.5) is 0 Å². The third-order valence-electron chi connectivity index (χ3n) is 6.53. The van der Waals surface area contributed by atoms with Crippen molar-refractivity contribution in [3.05, 3.63) is 76.8 Å². The smallest absolute Gasteiger partial charge is 0.253 e. The zero-order valence-corrected chi connectivity index (χ0v) is 21.0. The van der Waals surface area contributed by atoms with Gasteiger partial charge in [0.25, 0.3) is 5.91 Å². The SMILES string of the molecule is CCc1cc(-c2nc(-c3cc(C(=O)NCCC4=CCCCC4)c(C)n3-c3ccco3)cs2)ccn1. The van der Waals surface area contributed by atoms with Crippen molar-refractivity contribution in [2.24, 2.45) is 0 Å². The van der Waals surface area contributed by atoms with Gasteiger partial charge in [0.1, 0.15) is 5.01 Å². The standard InChI is InChI=1S/C28H30N4O2S/c1-3-22-16-21(12-14-29-22)28-31-24(18-35-28)25-17-23(19(2)32(25)26-10-7-15-34-26)27(33)30-13-11-20-8-5-4-6-9-20/h7-8,10,12,14-18H,3-6,9,11,13H2,1-2H3,(H,30,33). The van der Waals surface area contributed by atoms with Gasteiger partial charge in [0.15, 0.2) is 0 Å². The monoisotopic (exact) mass is 486 g/mol. The molecule has 1 amide bonds. The molecule has 0 radical (unpaired) electrons. The van der Waals surface area contributed by atoms with Crippen molar-refractivity contribution >= 4 is 17.2 Å². The van der Waals surface area contributed by atoms with Gasteiger partial charge in [-0.2, -0.15) is 0 Å². The summed E-state index contributed by atoms with van der Waals surface area (Å²) < 4.78 is 7.70. The molecule has 0 fully saturated rings. The first kappa shape index (κ1) is 23.3. The van der Waals surface area contributed by atoms with E-state index in [2.05, 4.69) is 29.4 Å². The molecule has 0 atom stereocenters. The second kappa shape index (κ2) is 10.4. The molecule has 4 heterocycles. The molecule has 35 heavy (non-hydrogen) atoms. The number of carbonyl (C=O) groups excluding carboxylic acids is 1. The molecule has 4 aromatic heterocycles. The average Bonchev–Trinajstić information content (AvgIpc) is 3.65. The predicted octanol–water partition coefficient (Wildman–Crippen LogP) is 6.75. The number of furan rings is 1. The van der Waals surface area contributed by atoms with Crippen molar-refractivity contribution < 1.29 is 9.21 Å². The van der Waals surface area contributed by atoms with Gasteiger partial charge in [0.2, 0.25) is 5.88 Å². The van der Waals surface area contributed by atoms with Gasteiger partial charge in [-0.1, -0.05) is 18.6 Å². The van der Waals surface area contributed by atoms with Crippen molar-refractivity contribution in [2.45, 2.75) is 52.4 Å². The summed E-state index contributed by atoms with van der Waals surface area (Å²) in [7, 11) is 0. The summed E-state index contributed by atoms with van der Waals surface area (Å²) in [4.78, 5) is 22.5. The second-order valence-corrected chi connectivity index (χ2v) is 9.71. The highest BCUT2D eigenvalue weighted by atomic mass is 32.1. The van der Waals surface area contributed by atoms with Gasteiger partial charge in [-0.05, 0) is 69.7 Å². The summed E-state index contributed by atoms with van der Waals surface area (Å²) in [5.41, 5.74) is 6.67. The molecule has 0 aromatic carbocycles. The Morgan fingerprint density at radius 2 is 2.17 bits per heavy atom. The Morgan fingerprint density at radius 1 is 1.26 bits per heavy atom. The number of nitrogens with one attached hydrogen (secondary N) is 1. The fourth-order valence-corrected chi connectivity index (χ4v) is 5.41. The zero-order chi connectivity index (χ0) is 24.2. The first-order valence-corrected chi connectivity index (χ1v) is 13.2. The van der Waals surface area contributed by atoms with Gasteiger partial charge in [0, 0.05) is 41.1 Å².